The third kappa shape index (κ3) is 4.66. The molecule has 1 atom stereocenters. The number of aliphatic hydroxyl groups is 1. The first-order valence-corrected chi connectivity index (χ1v) is 9.72. The molecule has 0 aromatic heterocycles. The largest absolute Gasteiger partial charge is 0.395 e. The van der Waals surface area contributed by atoms with Crippen molar-refractivity contribution >= 4 is 21.7 Å². The van der Waals surface area contributed by atoms with Gasteiger partial charge in [-0.1, -0.05) is 17.8 Å². The number of carbonyl (C=O) groups is 2. The minimum atomic E-state index is -3.39. The average Bonchev–Trinajstić information content (AvgIpc) is 2.63. The maximum absolute atomic E-state index is 12.5. The van der Waals surface area contributed by atoms with Gasteiger partial charge in [0, 0.05) is 17.5 Å². The molecule has 1 aliphatic rings. The Labute approximate surface area is 156 Å². The third-order valence-corrected chi connectivity index (χ3v) is 5.97. The Morgan fingerprint density at radius 3 is 2.37 bits per heavy atom. The molecule has 4 N–H and O–H groups in total. The Hall–Kier alpha value is -2.85. The Bertz CT molecular complexity index is 923. The van der Waals surface area contributed by atoms with Crippen molar-refractivity contribution in [3.05, 3.63) is 35.4 Å². The van der Waals surface area contributed by atoms with Crippen molar-refractivity contribution in [2.45, 2.75) is 12.5 Å². The molecule has 2 rings (SSSR count). The number of rotatable bonds is 5. The lowest BCUT2D eigenvalue weighted by Gasteiger charge is -2.41. The average molecular weight is 390 g/mol. The lowest BCUT2D eigenvalue weighted by Crippen LogP contribution is -2.65. The number of sulfone groups is 1. The van der Waals surface area contributed by atoms with Gasteiger partial charge in [0.15, 0.2) is 9.84 Å². The predicted molar refractivity (Wildman–Crippen MR) is 96.1 cm³/mol. The Morgan fingerprint density at radius 2 is 1.89 bits per heavy atom. The van der Waals surface area contributed by atoms with Crippen LogP contribution in [-0.4, -0.2) is 54.7 Å². The van der Waals surface area contributed by atoms with Gasteiger partial charge in [-0.3, -0.25) is 14.8 Å². The number of aliphatic hydroxyl groups excluding tert-OH is 1. The first kappa shape index (κ1) is 20.5. The van der Waals surface area contributed by atoms with Crippen molar-refractivity contribution in [2.24, 2.45) is 5.41 Å². The molecule has 0 radical (unpaired) electrons. The van der Waals surface area contributed by atoms with Gasteiger partial charge in [-0.15, -0.1) is 6.42 Å². The standard InChI is InChI=1S/C18H18N2O6S/c1-2-18(11-27(25,26)12-18)15(17(23)20-24)19-16(22)14-8-6-13(7-9-14)5-3-4-10-21/h1,6-9,15,21,24H,4,10-12H2,(H,19,22)(H,20,23)/t15-/m1/s1. The number of carbonyl (C=O) groups excluding carboxylic acids is 2. The van der Waals surface area contributed by atoms with E-state index in [1.807, 2.05) is 0 Å². The molecule has 1 aromatic rings. The predicted octanol–water partition coefficient (Wildman–Crippen LogP) is -0.928. The SMILES string of the molecule is C#CC1([C@H](NC(=O)c2ccc(C#CCCO)cc2)C(=O)NO)CS(=O)(=O)C1. The zero-order valence-electron chi connectivity index (χ0n) is 14.2. The fourth-order valence-electron chi connectivity index (χ4n) is 2.73. The van der Waals surface area contributed by atoms with Crippen molar-refractivity contribution in [1.82, 2.24) is 10.8 Å². The third-order valence-electron chi connectivity index (χ3n) is 4.06. The maximum atomic E-state index is 12.5. The molecule has 0 spiro atoms. The molecule has 8 nitrogen and oxygen atoms in total. The molecular formula is C18H18N2O6S. The number of terminal acetylenes is 1. The summed E-state index contributed by atoms with van der Waals surface area (Å²) in [5.41, 5.74) is 0.829. The van der Waals surface area contributed by atoms with Gasteiger partial charge in [-0.2, -0.15) is 0 Å². The molecule has 0 unspecified atom stereocenters. The summed E-state index contributed by atoms with van der Waals surface area (Å²) in [6, 6.07) is 4.72. The highest BCUT2D eigenvalue weighted by atomic mass is 32.2. The van der Waals surface area contributed by atoms with Crippen LogP contribution in [0.4, 0.5) is 0 Å². The number of hydroxylamine groups is 1. The van der Waals surface area contributed by atoms with Crippen molar-refractivity contribution in [3.8, 4) is 24.2 Å². The molecule has 0 bridgehead atoms. The minimum absolute atomic E-state index is 0.0472. The molecule has 9 heteroatoms. The van der Waals surface area contributed by atoms with Crippen LogP contribution in [0, 0.1) is 29.6 Å². The summed E-state index contributed by atoms with van der Waals surface area (Å²) in [5.74, 6) is 5.25. The van der Waals surface area contributed by atoms with Crippen molar-refractivity contribution in [1.29, 1.82) is 0 Å². The van der Waals surface area contributed by atoms with Gasteiger partial charge in [0.2, 0.25) is 0 Å². The molecule has 142 valence electrons. The first-order chi connectivity index (χ1) is 12.8. The summed E-state index contributed by atoms with van der Waals surface area (Å²) >= 11 is 0. The number of amides is 2. The number of hydrogen-bond donors (Lipinski definition) is 4. The molecule has 1 aromatic carbocycles. The molecule has 0 aliphatic carbocycles. The minimum Gasteiger partial charge on any atom is -0.395 e. The van der Waals surface area contributed by atoms with E-state index in [4.69, 9.17) is 16.7 Å². The second-order valence-electron chi connectivity index (χ2n) is 6.07. The van der Waals surface area contributed by atoms with E-state index in [9.17, 15) is 18.0 Å². The van der Waals surface area contributed by atoms with Crippen LogP contribution < -0.4 is 10.8 Å². The smallest absolute Gasteiger partial charge is 0.267 e. The Morgan fingerprint density at radius 1 is 1.26 bits per heavy atom. The van der Waals surface area contributed by atoms with Crippen LogP contribution in [0.1, 0.15) is 22.3 Å². The van der Waals surface area contributed by atoms with Gasteiger partial charge in [-0.05, 0) is 24.3 Å². The first-order valence-electron chi connectivity index (χ1n) is 7.90. The molecule has 0 saturated carbocycles. The van der Waals surface area contributed by atoms with Crippen LogP contribution in [-0.2, 0) is 14.6 Å². The van der Waals surface area contributed by atoms with Crippen molar-refractivity contribution < 1.29 is 28.3 Å². The van der Waals surface area contributed by atoms with Gasteiger partial charge < -0.3 is 10.4 Å². The van der Waals surface area contributed by atoms with Crippen LogP contribution >= 0.6 is 0 Å². The van der Waals surface area contributed by atoms with E-state index >= 15 is 0 Å². The molecule has 2 amide bonds. The molecule has 1 aliphatic heterocycles. The maximum Gasteiger partial charge on any atom is 0.267 e. The topological polar surface area (TPSA) is 133 Å². The summed E-state index contributed by atoms with van der Waals surface area (Å²) in [6.07, 6.45) is 5.75. The van der Waals surface area contributed by atoms with Crippen molar-refractivity contribution in [2.75, 3.05) is 18.1 Å². The highest BCUT2D eigenvalue weighted by Crippen LogP contribution is 2.36. The lowest BCUT2D eigenvalue weighted by atomic mass is 9.83. The summed E-state index contributed by atoms with van der Waals surface area (Å²) in [6.45, 7) is -0.0472. The number of nitrogens with one attached hydrogen (secondary N) is 2. The second kappa shape index (κ2) is 8.23. The molecule has 1 fully saturated rings. The summed E-state index contributed by atoms with van der Waals surface area (Å²) in [5, 5.41) is 20.0. The van der Waals surface area contributed by atoms with Crippen molar-refractivity contribution in [3.63, 3.8) is 0 Å². The van der Waals surface area contributed by atoms with E-state index < -0.39 is 44.6 Å². The zero-order chi connectivity index (χ0) is 20.1. The van der Waals surface area contributed by atoms with E-state index in [2.05, 4.69) is 23.1 Å². The second-order valence-corrected chi connectivity index (χ2v) is 8.13. The quantitative estimate of drug-likeness (QED) is 0.292. The van der Waals surface area contributed by atoms with E-state index in [-0.39, 0.29) is 12.2 Å². The normalized spacial score (nSPS) is 17.2. The van der Waals surface area contributed by atoms with Crippen LogP contribution in [0.3, 0.4) is 0 Å². The fraction of sp³-hybridized carbons (Fsp3) is 0.333. The molecular weight excluding hydrogens is 372 g/mol. The van der Waals surface area contributed by atoms with Gasteiger partial charge >= 0.3 is 0 Å². The van der Waals surface area contributed by atoms with Crippen LogP contribution in [0.15, 0.2) is 24.3 Å². The summed E-state index contributed by atoms with van der Waals surface area (Å²) in [4.78, 5) is 24.4. The van der Waals surface area contributed by atoms with E-state index in [1.54, 1.807) is 12.1 Å². The lowest BCUT2D eigenvalue weighted by molar-refractivity contribution is -0.133. The zero-order valence-corrected chi connectivity index (χ0v) is 15.0. The van der Waals surface area contributed by atoms with E-state index in [0.29, 0.717) is 12.0 Å². The van der Waals surface area contributed by atoms with Crippen LogP contribution in [0.2, 0.25) is 0 Å². The fourth-order valence-corrected chi connectivity index (χ4v) is 4.72. The highest BCUT2D eigenvalue weighted by molar-refractivity contribution is 7.92. The summed E-state index contributed by atoms with van der Waals surface area (Å²) < 4.78 is 23.1. The summed E-state index contributed by atoms with van der Waals surface area (Å²) in [7, 11) is -3.39. The monoisotopic (exact) mass is 390 g/mol. The van der Waals surface area contributed by atoms with Gasteiger partial charge in [0.1, 0.15) is 6.04 Å². The van der Waals surface area contributed by atoms with E-state index in [1.165, 1.54) is 17.6 Å². The van der Waals surface area contributed by atoms with Gasteiger partial charge in [0.05, 0.1) is 23.5 Å². The molecule has 1 saturated heterocycles. The van der Waals surface area contributed by atoms with Gasteiger partial charge in [-0.25, -0.2) is 13.9 Å². The van der Waals surface area contributed by atoms with Crippen LogP contribution in [0.25, 0.3) is 0 Å². The highest BCUT2D eigenvalue weighted by Gasteiger charge is 2.55. The van der Waals surface area contributed by atoms with E-state index in [0.717, 1.165) is 0 Å². The number of hydrogen-bond acceptors (Lipinski definition) is 6. The molecule has 27 heavy (non-hydrogen) atoms. The molecule has 1 heterocycles. The van der Waals surface area contributed by atoms with Crippen LogP contribution in [0.5, 0.6) is 0 Å². The Kier molecular flexibility index (Phi) is 6.24. The Balaban J connectivity index is 2.19. The number of benzene rings is 1. The van der Waals surface area contributed by atoms with Gasteiger partial charge in [0.25, 0.3) is 11.8 Å².